The van der Waals surface area contributed by atoms with E-state index >= 15 is 0 Å². The summed E-state index contributed by atoms with van der Waals surface area (Å²) >= 11 is 0. The third-order valence-electron chi connectivity index (χ3n) is 3.90. The first-order valence-electron chi connectivity index (χ1n) is 6.73. The highest BCUT2D eigenvalue weighted by Gasteiger charge is 2.34. The van der Waals surface area contributed by atoms with Gasteiger partial charge in [-0.3, -0.25) is 4.40 Å². The predicted molar refractivity (Wildman–Crippen MR) is 72.7 cm³/mol. The Hall–Kier alpha value is -2.18. The molecule has 1 N–H and O–H groups in total. The summed E-state index contributed by atoms with van der Waals surface area (Å²) in [5.41, 5.74) is 0.616. The van der Waals surface area contributed by atoms with Crippen molar-refractivity contribution in [3.8, 4) is 0 Å². The van der Waals surface area contributed by atoms with Gasteiger partial charge in [0.05, 0.1) is 0 Å². The van der Waals surface area contributed by atoms with E-state index in [1.165, 1.54) is 0 Å². The number of aryl methyl sites for hydroxylation is 1. The van der Waals surface area contributed by atoms with Crippen LogP contribution in [0.15, 0.2) is 12.4 Å². The van der Waals surface area contributed by atoms with E-state index < -0.39 is 12.0 Å². The molecule has 0 aromatic carbocycles. The van der Waals surface area contributed by atoms with Crippen LogP contribution >= 0.6 is 0 Å². The van der Waals surface area contributed by atoms with E-state index in [0.29, 0.717) is 30.3 Å². The lowest BCUT2D eigenvalue weighted by Gasteiger charge is -2.36. The number of hydrogen-bond donors (Lipinski definition) is 1. The topological polar surface area (TPSA) is 83.6 Å². The second-order valence-corrected chi connectivity index (χ2v) is 5.37. The molecule has 0 aliphatic carbocycles. The molecule has 106 valence electrons. The molecule has 0 spiro atoms. The van der Waals surface area contributed by atoms with Gasteiger partial charge in [-0.1, -0.05) is 6.92 Å². The Morgan fingerprint density at radius 1 is 1.45 bits per heavy atom. The van der Waals surface area contributed by atoms with Crippen LogP contribution in [0.2, 0.25) is 0 Å². The summed E-state index contributed by atoms with van der Waals surface area (Å²) in [5, 5.41) is 17.6. The highest BCUT2D eigenvalue weighted by atomic mass is 16.4. The van der Waals surface area contributed by atoms with Gasteiger partial charge in [0.2, 0.25) is 5.65 Å². The number of carbonyl (C=O) groups is 1. The molecule has 0 amide bonds. The summed E-state index contributed by atoms with van der Waals surface area (Å²) in [6.45, 7) is 4.62. The molecule has 0 saturated carbocycles. The van der Waals surface area contributed by atoms with Crippen molar-refractivity contribution in [3.05, 3.63) is 18.2 Å². The molecule has 7 heteroatoms. The van der Waals surface area contributed by atoms with E-state index in [0.717, 1.165) is 12.2 Å². The first-order valence-corrected chi connectivity index (χ1v) is 6.73. The number of piperidine rings is 1. The Bertz CT molecular complexity index is 653. The zero-order valence-electron chi connectivity index (χ0n) is 11.5. The number of carboxylic acid groups (broad SMARTS) is 1. The molecule has 3 rings (SSSR count). The van der Waals surface area contributed by atoms with Crippen LogP contribution in [0.3, 0.4) is 0 Å². The van der Waals surface area contributed by atoms with Gasteiger partial charge in [-0.05, 0) is 25.7 Å². The van der Waals surface area contributed by atoms with Gasteiger partial charge < -0.3 is 10.0 Å². The third-order valence-corrected chi connectivity index (χ3v) is 3.90. The van der Waals surface area contributed by atoms with Crippen LogP contribution in [0.5, 0.6) is 0 Å². The summed E-state index contributed by atoms with van der Waals surface area (Å²) in [7, 11) is 0. The van der Waals surface area contributed by atoms with Crippen molar-refractivity contribution in [2.24, 2.45) is 5.92 Å². The highest BCUT2D eigenvalue weighted by molar-refractivity contribution is 5.80. The maximum atomic E-state index is 11.5. The van der Waals surface area contributed by atoms with Gasteiger partial charge >= 0.3 is 5.97 Å². The van der Waals surface area contributed by atoms with Crippen molar-refractivity contribution in [1.82, 2.24) is 19.6 Å². The van der Waals surface area contributed by atoms with Gasteiger partial charge in [0.25, 0.3) is 0 Å². The first kappa shape index (κ1) is 12.8. The van der Waals surface area contributed by atoms with Crippen molar-refractivity contribution in [3.63, 3.8) is 0 Å². The van der Waals surface area contributed by atoms with E-state index in [1.807, 2.05) is 16.2 Å². The molecule has 1 fully saturated rings. The van der Waals surface area contributed by atoms with Gasteiger partial charge in [-0.2, -0.15) is 0 Å². The summed E-state index contributed by atoms with van der Waals surface area (Å²) in [4.78, 5) is 17.7. The molecular formula is C13H17N5O2. The van der Waals surface area contributed by atoms with E-state index in [1.54, 1.807) is 12.4 Å². The molecular weight excluding hydrogens is 258 g/mol. The molecule has 3 heterocycles. The molecule has 2 aromatic rings. The Morgan fingerprint density at radius 2 is 2.25 bits per heavy atom. The van der Waals surface area contributed by atoms with Crippen LogP contribution in [0.25, 0.3) is 5.65 Å². The number of hydrogen-bond acceptors (Lipinski definition) is 5. The lowest BCUT2D eigenvalue weighted by atomic mass is 9.92. The fourth-order valence-electron chi connectivity index (χ4n) is 2.76. The molecule has 2 atom stereocenters. The maximum absolute atomic E-state index is 11.5. The van der Waals surface area contributed by atoms with Gasteiger partial charge in [-0.15, -0.1) is 10.2 Å². The second-order valence-electron chi connectivity index (χ2n) is 5.37. The predicted octanol–water partition coefficient (Wildman–Crippen LogP) is 1.12. The lowest BCUT2D eigenvalue weighted by Crippen LogP contribution is -2.47. The van der Waals surface area contributed by atoms with Crippen molar-refractivity contribution >= 4 is 17.4 Å². The van der Waals surface area contributed by atoms with Crippen LogP contribution in [-0.2, 0) is 4.79 Å². The van der Waals surface area contributed by atoms with Gasteiger partial charge in [0, 0.05) is 18.9 Å². The van der Waals surface area contributed by atoms with Gasteiger partial charge in [0.1, 0.15) is 11.9 Å². The molecule has 1 aliphatic heterocycles. The van der Waals surface area contributed by atoms with E-state index in [2.05, 4.69) is 22.1 Å². The van der Waals surface area contributed by atoms with E-state index in [-0.39, 0.29) is 0 Å². The van der Waals surface area contributed by atoms with Crippen LogP contribution in [0.1, 0.15) is 25.6 Å². The van der Waals surface area contributed by atoms with Crippen molar-refractivity contribution in [2.45, 2.75) is 32.7 Å². The highest BCUT2D eigenvalue weighted by Crippen LogP contribution is 2.28. The zero-order valence-corrected chi connectivity index (χ0v) is 11.5. The maximum Gasteiger partial charge on any atom is 0.326 e. The average Bonchev–Trinajstić information content (AvgIpc) is 2.81. The minimum atomic E-state index is -0.809. The Morgan fingerprint density at radius 3 is 3.00 bits per heavy atom. The molecule has 20 heavy (non-hydrogen) atoms. The normalized spacial score (nSPS) is 23.2. The molecule has 0 radical (unpaired) electrons. The number of anilines is 1. The number of aromatic nitrogens is 4. The molecule has 2 aromatic heterocycles. The molecule has 1 saturated heterocycles. The van der Waals surface area contributed by atoms with Gasteiger partial charge in [-0.25, -0.2) is 9.78 Å². The molecule has 0 bridgehead atoms. The second kappa shape index (κ2) is 4.73. The minimum Gasteiger partial charge on any atom is -0.480 e. The first-order chi connectivity index (χ1) is 9.58. The van der Waals surface area contributed by atoms with E-state index in [4.69, 9.17) is 0 Å². The Balaban J connectivity index is 2.07. The average molecular weight is 275 g/mol. The Labute approximate surface area is 116 Å². The Kier molecular flexibility index (Phi) is 3.04. The van der Waals surface area contributed by atoms with Crippen LogP contribution < -0.4 is 4.90 Å². The molecule has 7 nitrogen and oxygen atoms in total. The summed E-state index contributed by atoms with van der Waals surface area (Å²) in [6.07, 6.45) is 5.04. The monoisotopic (exact) mass is 275 g/mol. The standard InChI is InChI=1S/C13H17N5O2/c1-8-3-5-18(10(7-8)13(19)20)11-12-16-15-9(2)17(12)6-4-14-11/h4,6,8,10H,3,5,7H2,1-2H3,(H,19,20). The number of carboxylic acids is 1. The number of aliphatic carboxylic acids is 1. The summed E-state index contributed by atoms with van der Waals surface area (Å²) in [5.74, 6) is 0.969. The van der Waals surface area contributed by atoms with Crippen molar-refractivity contribution < 1.29 is 9.90 Å². The molecule has 1 aliphatic rings. The smallest absolute Gasteiger partial charge is 0.326 e. The van der Waals surface area contributed by atoms with Crippen LogP contribution in [0, 0.1) is 12.8 Å². The van der Waals surface area contributed by atoms with Gasteiger partial charge in [0.15, 0.2) is 5.82 Å². The molecule has 2 unspecified atom stereocenters. The zero-order chi connectivity index (χ0) is 14.3. The van der Waals surface area contributed by atoms with Crippen LogP contribution in [0.4, 0.5) is 5.82 Å². The van der Waals surface area contributed by atoms with E-state index in [9.17, 15) is 9.90 Å². The fourth-order valence-corrected chi connectivity index (χ4v) is 2.76. The summed E-state index contributed by atoms with van der Waals surface area (Å²) < 4.78 is 1.83. The number of rotatable bonds is 2. The lowest BCUT2D eigenvalue weighted by molar-refractivity contribution is -0.139. The number of fused-ring (bicyclic) bond motifs is 1. The fraction of sp³-hybridized carbons (Fsp3) is 0.538. The SMILES string of the molecule is Cc1nnc2c(N3CCC(C)CC3C(=O)O)nccn12. The quantitative estimate of drug-likeness (QED) is 0.884. The largest absolute Gasteiger partial charge is 0.480 e. The number of nitrogens with zero attached hydrogens (tertiary/aromatic N) is 5. The minimum absolute atomic E-state index is 0.409. The van der Waals surface area contributed by atoms with Crippen molar-refractivity contribution in [2.75, 3.05) is 11.4 Å². The van der Waals surface area contributed by atoms with Crippen molar-refractivity contribution in [1.29, 1.82) is 0 Å². The third kappa shape index (κ3) is 1.99. The summed E-state index contributed by atoms with van der Waals surface area (Å²) in [6, 6.07) is -0.547. The van der Waals surface area contributed by atoms with Crippen LogP contribution in [-0.4, -0.2) is 43.2 Å².